The molecule has 0 aliphatic heterocycles. The topological polar surface area (TPSA) is 95.5 Å². The minimum Gasteiger partial charge on any atom is -0.465 e. The first-order chi connectivity index (χ1) is 11.8. The summed E-state index contributed by atoms with van der Waals surface area (Å²) < 4.78 is 27.4. The molecule has 0 radical (unpaired) electrons. The first-order valence-corrected chi connectivity index (χ1v) is 9.59. The van der Waals surface area contributed by atoms with E-state index >= 15 is 0 Å². The fourth-order valence-electron chi connectivity index (χ4n) is 2.94. The molecule has 0 saturated carbocycles. The van der Waals surface area contributed by atoms with Crippen LogP contribution in [-0.2, 0) is 22.9 Å². The van der Waals surface area contributed by atoms with Crippen molar-refractivity contribution in [2.75, 3.05) is 4.72 Å². The van der Waals surface area contributed by atoms with E-state index in [0.717, 1.165) is 11.1 Å². The molecule has 0 saturated heterocycles. The Morgan fingerprint density at radius 3 is 2.52 bits per heavy atom. The lowest BCUT2D eigenvalue weighted by molar-refractivity contribution is 0.188. The molecule has 132 valence electrons. The Hall–Kier alpha value is -2.25. The Kier molecular flexibility index (Phi) is 4.87. The van der Waals surface area contributed by atoms with Crippen LogP contribution in [0.5, 0.6) is 0 Å². The van der Waals surface area contributed by atoms with Gasteiger partial charge >= 0.3 is 6.09 Å². The fourth-order valence-corrected chi connectivity index (χ4v) is 4.12. The first-order valence-electron chi connectivity index (χ1n) is 7.73. The number of hydrogen-bond acceptors (Lipinski definition) is 3. The quantitative estimate of drug-likeness (QED) is 0.758. The van der Waals surface area contributed by atoms with Crippen molar-refractivity contribution in [3.8, 4) is 0 Å². The fraction of sp³-hybridized carbons (Fsp3) is 0.235. The number of fused-ring (bicyclic) bond motifs is 1. The van der Waals surface area contributed by atoms with Crippen LogP contribution in [0.3, 0.4) is 0 Å². The Labute approximate surface area is 150 Å². The molecule has 3 rings (SSSR count). The van der Waals surface area contributed by atoms with Gasteiger partial charge in [-0.1, -0.05) is 17.7 Å². The van der Waals surface area contributed by atoms with Crippen LogP contribution in [0.1, 0.15) is 17.5 Å². The summed E-state index contributed by atoms with van der Waals surface area (Å²) in [4.78, 5) is 10.9. The summed E-state index contributed by atoms with van der Waals surface area (Å²) in [5.74, 6) is 0. The smallest absolute Gasteiger partial charge is 0.404 e. The third-order valence-electron chi connectivity index (χ3n) is 4.14. The van der Waals surface area contributed by atoms with E-state index in [4.69, 9.17) is 16.7 Å². The van der Waals surface area contributed by atoms with Gasteiger partial charge in [-0.25, -0.2) is 13.2 Å². The highest BCUT2D eigenvalue weighted by molar-refractivity contribution is 7.92. The zero-order valence-corrected chi connectivity index (χ0v) is 14.8. The number of sulfonamides is 1. The number of benzene rings is 2. The molecular weight excluding hydrogens is 364 g/mol. The van der Waals surface area contributed by atoms with Gasteiger partial charge in [-0.05, 0) is 66.8 Å². The molecule has 0 fully saturated rings. The van der Waals surface area contributed by atoms with Crippen molar-refractivity contribution in [1.82, 2.24) is 5.32 Å². The van der Waals surface area contributed by atoms with Crippen molar-refractivity contribution in [2.24, 2.45) is 0 Å². The van der Waals surface area contributed by atoms with Crippen molar-refractivity contribution in [1.29, 1.82) is 0 Å². The van der Waals surface area contributed by atoms with Crippen molar-refractivity contribution in [3.63, 3.8) is 0 Å². The lowest BCUT2D eigenvalue weighted by atomic mass is 9.88. The number of carbonyl (C=O) groups is 1. The SMILES string of the molecule is O=C(O)N[C@H]1CCc2cc(NS(=O)(=O)c3ccc(Cl)cc3)ccc2C1. The predicted molar refractivity (Wildman–Crippen MR) is 95.7 cm³/mol. The molecule has 25 heavy (non-hydrogen) atoms. The molecule has 0 aromatic heterocycles. The molecule has 0 unspecified atom stereocenters. The Bertz CT molecular complexity index is 897. The second kappa shape index (κ2) is 6.93. The Morgan fingerprint density at radius 2 is 1.84 bits per heavy atom. The molecule has 0 heterocycles. The second-order valence-corrected chi connectivity index (χ2v) is 8.05. The highest BCUT2D eigenvalue weighted by Gasteiger charge is 2.21. The number of aryl methyl sites for hydroxylation is 1. The van der Waals surface area contributed by atoms with Gasteiger partial charge in [-0.15, -0.1) is 0 Å². The number of amides is 1. The summed E-state index contributed by atoms with van der Waals surface area (Å²) in [6.07, 6.45) is 0.954. The molecule has 3 N–H and O–H groups in total. The van der Waals surface area contributed by atoms with Gasteiger partial charge in [0.25, 0.3) is 10.0 Å². The maximum atomic E-state index is 12.4. The van der Waals surface area contributed by atoms with Gasteiger partial charge in [0.2, 0.25) is 0 Å². The van der Waals surface area contributed by atoms with Crippen LogP contribution < -0.4 is 10.0 Å². The maximum absolute atomic E-state index is 12.4. The van der Waals surface area contributed by atoms with Crippen LogP contribution in [0.25, 0.3) is 0 Å². The number of halogens is 1. The van der Waals surface area contributed by atoms with Gasteiger partial charge in [0.15, 0.2) is 0 Å². The van der Waals surface area contributed by atoms with Crippen LogP contribution >= 0.6 is 11.6 Å². The van der Waals surface area contributed by atoms with E-state index in [0.29, 0.717) is 30.0 Å². The molecule has 0 spiro atoms. The molecule has 0 bridgehead atoms. The molecule has 1 amide bonds. The highest BCUT2D eigenvalue weighted by atomic mass is 35.5. The molecule has 2 aromatic carbocycles. The molecule has 1 aliphatic carbocycles. The third kappa shape index (κ3) is 4.24. The highest BCUT2D eigenvalue weighted by Crippen LogP contribution is 2.26. The van der Waals surface area contributed by atoms with Gasteiger partial charge in [-0.2, -0.15) is 0 Å². The largest absolute Gasteiger partial charge is 0.465 e. The number of anilines is 1. The van der Waals surface area contributed by atoms with E-state index in [2.05, 4.69) is 10.0 Å². The zero-order chi connectivity index (χ0) is 18.0. The van der Waals surface area contributed by atoms with Gasteiger partial charge in [0.1, 0.15) is 0 Å². The summed E-state index contributed by atoms with van der Waals surface area (Å²) in [6, 6.07) is 11.2. The van der Waals surface area contributed by atoms with Crippen LogP contribution in [0.15, 0.2) is 47.4 Å². The summed E-state index contributed by atoms with van der Waals surface area (Å²) >= 11 is 5.79. The van der Waals surface area contributed by atoms with Crippen molar-refractivity contribution in [3.05, 3.63) is 58.6 Å². The molecule has 1 atom stereocenters. The lowest BCUT2D eigenvalue weighted by Crippen LogP contribution is -2.37. The van der Waals surface area contributed by atoms with Crippen LogP contribution in [0, 0.1) is 0 Å². The average molecular weight is 381 g/mol. The second-order valence-electron chi connectivity index (χ2n) is 5.93. The average Bonchev–Trinajstić information content (AvgIpc) is 2.54. The van der Waals surface area contributed by atoms with E-state index in [1.165, 1.54) is 24.3 Å². The molecule has 1 aliphatic rings. The number of hydrogen-bond donors (Lipinski definition) is 3. The summed E-state index contributed by atoms with van der Waals surface area (Å²) in [5, 5.41) is 11.8. The monoisotopic (exact) mass is 380 g/mol. The molecule has 2 aromatic rings. The van der Waals surface area contributed by atoms with Crippen LogP contribution in [-0.4, -0.2) is 25.7 Å². The van der Waals surface area contributed by atoms with Crippen LogP contribution in [0.4, 0.5) is 10.5 Å². The van der Waals surface area contributed by atoms with Crippen LogP contribution in [0.2, 0.25) is 5.02 Å². The summed E-state index contributed by atoms with van der Waals surface area (Å²) in [6.45, 7) is 0. The Balaban J connectivity index is 1.77. The number of nitrogens with one attached hydrogen (secondary N) is 2. The van der Waals surface area contributed by atoms with E-state index in [1.54, 1.807) is 12.1 Å². The Morgan fingerprint density at radius 1 is 1.12 bits per heavy atom. The minimum atomic E-state index is -3.68. The number of rotatable bonds is 4. The van der Waals surface area contributed by atoms with Gasteiger partial charge < -0.3 is 10.4 Å². The van der Waals surface area contributed by atoms with Gasteiger partial charge in [-0.3, -0.25) is 4.72 Å². The molecular formula is C17H17ClN2O4S. The van der Waals surface area contributed by atoms with E-state index in [9.17, 15) is 13.2 Å². The lowest BCUT2D eigenvalue weighted by Gasteiger charge is -2.25. The van der Waals surface area contributed by atoms with Gasteiger partial charge in [0, 0.05) is 16.8 Å². The van der Waals surface area contributed by atoms with Crippen molar-refractivity contribution >= 4 is 33.4 Å². The normalized spacial score (nSPS) is 16.8. The summed E-state index contributed by atoms with van der Waals surface area (Å²) in [5.41, 5.74) is 2.54. The maximum Gasteiger partial charge on any atom is 0.404 e. The predicted octanol–water partition coefficient (Wildman–Crippen LogP) is 3.27. The number of carboxylic acid groups (broad SMARTS) is 1. The van der Waals surface area contributed by atoms with Gasteiger partial charge in [0.05, 0.1) is 4.90 Å². The van der Waals surface area contributed by atoms with E-state index in [1.807, 2.05) is 6.07 Å². The minimum absolute atomic E-state index is 0.110. The summed E-state index contributed by atoms with van der Waals surface area (Å²) in [7, 11) is -3.68. The van der Waals surface area contributed by atoms with Crippen molar-refractivity contribution in [2.45, 2.75) is 30.2 Å². The molecule has 8 heteroatoms. The third-order valence-corrected chi connectivity index (χ3v) is 5.79. The zero-order valence-electron chi connectivity index (χ0n) is 13.2. The van der Waals surface area contributed by atoms with Crippen molar-refractivity contribution < 1.29 is 18.3 Å². The standard InChI is InChI=1S/C17H17ClN2O4S/c18-13-3-7-16(8-4-13)25(23,24)20-15-6-2-11-9-14(19-17(21)22)5-1-12(11)10-15/h2-4,6-8,10,14,19-20H,1,5,9H2,(H,21,22)/t14-/m0/s1. The van der Waals surface area contributed by atoms with E-state index in [-0.39, 0.29) is 10.9 Å². The van der Waals surface area contributed by atoms with E-state index < -0.39 is 16.1 Å². The molecule has 6 nitrogen and oxygen atoms in total. The first kappa shape index (κ1) is 17.6.